The topological polar surface area (TPSA) is 140 Å². The maximum absolute atomic E-state index is 14.2. The van der Waals surface area contributed by atoms with Gasteiger partial charge in [0.25, 0.3) is 0 Å². The van der Waals surface area contributed by atoms with Gasteiger partial charge in [0.1, 0.15) is 6.10 Å². The molecular formula is C54H86N8O3Zn. The maximum Gasteiger partial charge on any atom is 0.306 e. The molecule has 13 aliphatic rings. The van der Waals surface area contributed by atoms with Crippen LogP contribution in [0.3, 0.4) is 0 Å². The van der Waals surface area contributed by atoms with Crippen LogP contribution in [-0.4, -0.2) is 67.2 Å². The number of hydrogen-bond acceptors (Lipinski definition) is 11. The Morgan fingerprint density at radius 3 is 1.55 bits per heavy atom. The quantitative estimate of drug-likeness (QED) is 0.109. The van der Waals surface area contributed by atoms with Crippen LogP contribution in [0.1, 0.15) is 174 Å². The van der Waals surface area contributed by atoms with Gasteiger partial charge in [0.15, 0.2) is 5.78 Å². The molecule has 8 aliphatic carbocycles. The number of ether oxygens (including phenoxy) is 1. The van der Waals surface area contributed by atoms with E-state index in [0.717, 1.165) is 32.1 Å². The van der Waals surface area contributed by atoms with Crippen LogP contribution in [0.15, 0.2) is 11.6 Å². The van der Waals surface area contributed by atoms with E-state index in [1.165, 1.54) is 121 Å². The molecule has 0 aromatic carbocycles. The van der Waals surface area contributed by atoms with Crippen LogP contribution in [0.2, 0.25) is 0 Å². The minimum Gasteiger partial charge on any atom is -0.462 e. The van der Waals surface area contributed by atoms with Gasteiger partial charge in [0.05, 0.1) is 49.3 Å². The average Bonchev–Trinajstić information content (AvgIpc) is 4.12. The third kappa shape index (κ3) is 7.78. The molecule has 12 heteroatoms. The SMILES string of the molecule is C[C@]12CC[C@H]3[C@@H](CCC4=CC(=O)CC[C@@]43C)[C@@H]1CC[C@@H]2OC(=O)CCC1CCCC2C3NC4NC(NC5NC(NC6NC(NC(N3)C12)C1CCCCC61)C1CCCCC51)C1CCCCC41.[Zn]. The second kappa shape index (κ2) is 18.3. The van der Waals surface area contributed by atoms with E-state index in [1.54, 1.807) is 0 Å². The van der Waals surface area contributed by atoms with E-state index in [1.807, 2.05) is 6.08 Å². The van der Waals surface area contributed by atoms with Crippen LogP contribution in [-0.2, 0) is 33.8 Å². The Hall–Kier alpha value is -0.817. The van der Waals surface area contributed by atoms with E-state index in [2.05, 4.69) is 56.4 Å². The maximum atomic E-state index is 14.2. The molecule has 8 N–H and O–H groups in total. The van der Waals surface area contributed by atoms with Gasteiger partial charge in [-0.2, -0.15) is 0 Å². The predicted molar refractivity (Wildman–Crippen MR) is 252 cm³/mol. The molecule has 0 aromatic heterocycles. The van der Waals surface area contributed by atoms with Gasteiger partial charge in [-0.15, -0.1) is 0 Å². The number of fused-ring (bicyclic) bond motifs is 25. The molecule has 5 aliphatic heterocycles. The van der Waals surface area contributed by atoms with Crippen molar-refractivity contribution in [2.24, 2.45) is 81.8 Å². The van der Waals surface area contributed by atoms with Crippen LogP contribution >= 0.6 is 0 Å². The predicted octanol–water partition coefficient (Wildman–Crippen LogP) is 7.05. The van der Waals surface area contributed by atoms with Crippen molar-refractivity contribution in [1.29, 1.82) is 0 Å². The molecule has 23 atom stereocenters. The van der Waals surface area contributed by atoms with Crippen LogP contribution in [0, 0.1) is 81.8 Å². The van der Waals surface area contributed by atoms with Gasteiger partial charge in [0.2, 0.25) is 0 Å². The molecule has 0 spiro atoms. The number of esters is 1. The molecule has 0 radical (unpaired) electrons. The van der Waals surface area contributed by atoms with E-state index in [4.69, 9.17) is 4.74 Å². The number of nitrogens with one attached hydrogen (secondary N) is 8. The van der Waals surface area contributed by atoms with Gasteiger partial charge in [-0.1, -0.05) is 70.8 Å². The summed E-state index contributed by atoms with van der Waals surface area (Å²) in [6, 6.07) is 0. The van der Waals surface area contributed by atoms with Crippen molar-refractivity contribution < 1.29 is 33.8 Å². The molecule has 66 heavy (non-hydrogen) atoms. The summed E-state index contributed by atoms with van der Waals surface area (Å²) in [4.78, 5) is 26.6. The number of ketones is 1. The van der Waals surface area contributed by atoms with Gasteiger partial charge in [0, 0.05) is 37.7 Å². The summed E-state index contributed by atoms with van der Waals surface area (Å²) in [5.41, 5.74) is 1.69. The van der Waals surface area contributed by atoms with Crippen LogP contribution < -0.4 is 42.5 Å². The zero-order valence-electron chi connectivity index (χ0n) is 40.8. The number of carbonyl (C=O) groups is 2. The molecule has 13 rings (SSSR count). The van der Waals surface area contributed by atoms with Crippen molar-refractivity contribution in [2.75, 3.05) is 0 Å². The largest absolute Gasteiger partial charge is 0.462 e. The summed E-state index contributed by atoms with van der Waals surface area (Å²) in [6.07, 6.45) is 34.3. The molecule has 12 fully saturated rings. The van der Waals surface area contributed by atoms with Gasteiger partial charge < -0.3 is 4.74 Å². The number of hydrogen-bond donors (Lipinski definition) is 8. The molecular weight excluding hydrogens is 874 g/mol. The Morgan fingerprint density at radius 1 is 0.530 bits per heavy atom. The number of rotatable bonds is 4. The Balaban J connectivity index is 0.00000456. The Kier molecular flexibility index (Phi) is 12.9. The Morgan fingerprint density at radius 2 is 1.02 bits per heavy atom. The summed E-state index contributed by atoms with van der Waals surface area (Å²) in [7, 11) is 0. The first-order chi connectivity index (χ1) is 31.7. The molecule has 362 valence electrons. The van der Waals surface area contributed by atoms with Gasteiger partial charge >= 0.3 is 5.97 Å². The summed E-state index contributed by atoms with van der Waals surface area (Å²) in [5, 5.41) is 34.4. The number of allylic oxidation sites excluding steroid dienone is 1. The third-order valence-corrected chi connectivity index (χ3v) is 22.9. The first-order valence-corrected chi connectivity index (χ1v) is 28.2. The van der Waals surface area contributed by atoms with Crippen LogP contribution in [0.25, 0.3) is 0 Å². The van der Waals surface area contributed by atoms with Crippen molar-refractivity contribution in [2.45, 2.75) is 230 Å². The van der Waals surface area contributed by atoms with Gasteiger partial charge in [-0.25, -0.2) is 0 Å². The molecule has 0 amide bonds. The Bertz CT molecular complexity index is 1850. The first-order valence-electron chi connectivity index (χ1n) is 28.2. The van der Waals surface area contributed by atoms with Crippen molar-refractivity contribution in [3.63, 3.8) is 0 Å². The fourth-order valence-corrected chi connectivity index (χ4v) is 19.8. The summed E-state index contributed by atoms with van der Waals surface area (Å²) in [5.74, 6) is 7.84. The van der Waals surface area contributed by atoms with Gasteiger partial charge in [-0.3, -0.25) is 52.1 Å². The summed E-state index contributed by atoms with van der Waals surface area (Å²) < 4.78 is 6.71. The zero-order valence-corrected chi connectivity index (χ0v) is 43.8. The van der Waals surface area contributed by atoms with Crippen molar-refractivity contribution in [1.82, 2.24) is 42.5 Å². The molecule has 5 saturated heterocycles. The zero-order chi connectivity index (χ0) is 43.6. The van der Waals surface area contributed by atoms with Gasteiger partial charge in [-0.05, 0) is 179 Å². The molecule has 8 bridgehead atoms. The van der Waals surface area contributed by atoms with Crippen molar-refractivity contribution in [3.05, 3.63) is 11.6 Å². The monoisotopic (exact) mass is 959 g/mol. The second-order valence-electron chi connectivity index (χ2n) is 25.5. The smallest absolute Gasteiger partial charge is 0.306 e. The van der Waals surface area contributed by atoms with Crippen molar-refractivity contribution in [3.8, 4) is 0 Å². The van der Waals surface area contributed by atoms with Crippen molar-refractivity contribution >= 4 is 11.8 Å². The average molecular weight is 961 g/mol. The normalized spacial score (nSPS) is 53.7. The summed E-state index contributed by atoms with van der Waals surface area (Å²) in [6.45, 7) is 4.96. The first kappa shape index (κ1) is 46.3. The van der Waals surface area contributed by atoms with E-state index >= 15 is 0 Å². The fourth-order valence-electron chi connectivity index (χ4n) is 19.8. The van der Waals surface area contributed by atoms with Crippen LogP contribution in [0.5, 0.6) is 0 Å². The van der Waals surface area contributed by atoms with E-state index in [9.17, 15) is 9.59 Å². The third-order valence-electron chi connectivity index (χ3n) is 22.9. The molecule has 0 aromatic rings. The molecule has 17 unspecified atom stereocenters. The number of carbonyl (C=O) groups excluding carboxylic acids is 2. The minimum absolute atomic E-state index is 0. The summed E-state index contributed by atoms with van der Waals surface area (Å²) >= 11 is 0. The van der Waals surface area contributed by atoms with E-state index in [0.29, 0.717) is 120 Å². The molecule has 7 saturated carbocycles. The van der Waals surface area contributed by atoms with E-state index < -0.39 is 0 Å². The Labute approximate surface area is 409 Å². The molecule has 5 heterocycles. The van der Waals surface area contributed by atoms with E-state index in [-0.39, 0.29) is 60.9 Å². The van der Waals surface area contributed by atoms with Crippen LogP contribution in [0.4, 0.5) is 0 Å². The second-order valence-corrected chi connectivity index (χ2v) is 25.5. The minimum atomic E-state index is 0. The fraction of sp³-hybridized carbons (Fsp3) is 0.926. The molecule has 11 nitrogen and oxygen atoms in total. The standard InChI is InChI=1S/C54H86N8O3.Zn/c1-53-26-24-31(63)28-30(53)19-20-38-40-21-22-42(54(40,2)27-25-41(38)53)65-43(64)23-18-29-10-9-17-39-44(29)52-61-50-37-16-8-7-15-36(37)48(59-50)57-46-33-12-4-3-11-32(33)45(55-46)56-47-34-13-5-6-14-35(34)49(58-47)60-51(39)62-52;/h28-29,32-42,44-52,55-62H,3-27H2,1-2H3;/t29?,32?,33?,34?,35?,36?,37?,38-,39?,40-,41-,42-,44?,45?,46?,47?,48?,49?,50?,51?,52?,53-,54-;/m0./s1.